The summed E-state index contributed by atoms with van der Waals surface area (Å²) in [6.45, 7) is 2.22. The Kier molecular flexibility index (Phi) is 5.78. The molecule has 3 N–H and O–H groups in total. The van der Waals surface area contributed by atoms with Crippen molar-refractivity contribution in [1.29, 1.82) is 0 Å². The van der Waals surface area contributed by atoms with E-state index < -0.39 is 10.0 Å². The van der Waals surface area contributed by atoms with Gasteiger partial charge in [-0.3, -0.25) is 0 Å². The van der Waals surface area contributed by atoms with Crippen LogP contribution in [0.1, 0.15) is 44.1 Å². The average molecular weight is 271 g/mol. The third-order valence-electron chi connectivity index (χ3n) is 3.06. The molecule has 0 fully saturated rings. The lowest BCUT2D eigenvalue weighted by Crippen LogP contribution is -2.12. The molecule has 4 nitrogen and oxygen atoms in total. The summed E-state index contributed by atoms with van der Waals surface area (Å²) in [7, 11) is -3.64. The number of hydrogen-bond donors (Lipinski definition) is 2. The van der Waals surface area contributed by atoms with Gasteiger partial charge in [0.2, 0.25) is 10.0 Å². The van der Waals surface area contributed by atoms with E-state index in [9.17, 15) is 13.5 Å². The zero-order valence-electron chi connectivity index (χ0n) is 10.7. The smallest absolute Gasteiger partial charge is 0.238 e. The fourth-order valence-electron chi connectivity index (χ4n) is 1.93. The lowest BCUT2D eigenvalue weighted by Gasteiger charge is -2.14. The Morgan fingerprint density at radius 2 is 1.83 bits per heavy atom. The molecule has 1 atom stereocenters. The van der Waals surface area contributed by atoms with Gasteiger partial charge in [0.05, 0.1) is 4.90 Å². The number of hydrogen-bond acceptors (Lipinski definition) is 3. The molecule has 0 spiro atoms. The molecular formula is C13H21NO3S. The first-order valence-corrected chi connectivity index (χ1v) is 7.77. The summed E-state index contributed by atoms with van der Waals surface area (Å²) in [5.41, 5.74) is 0.959. The number of unbranched alkanes of at least 4 members (excludes halogenated alkanes) is 2. The highest BCUT2D eigenvalue weighted by Gasteiger charge is 2.12. The van der Waals surface area contributed by atoms with Gasteiger partial charge in [0.1, 0.15) is 0 Å². The predicted molar refractivity (Wildman–Crippen MR) is 71.8 cm³/mol. The van der Waals surface area contributed by atoms with Gasteiger partial charge >= 0.3 is 0 Å². The number of benzene rings is 1. The Hall–Kier alpha value is -0.910. The van der Waals surface area contributed by atoms with Gasteiger partial charge in [-0.15, -0.1) is 0 Å². The fourth-order valence-corrected chi connectivity index (χ4v) is 2.45. The van der Waals surface area contributed by atoms with Crippen LogP contribution in [0.5, 0.6) is 0 Å². The second-order valence-corrected chi connectivity index (χ2v) is 6.05. The highest BCUT2D eigenvalue weighted by molar-refractivity contribution is 7.89. The molecule has 0 unspecified atom stereocenters. The molecule has 0 amide bonds. The normalized spacial score (nSPS) is 13.5. The molecular weight excluding hydrogens is 250 g/mol. The number of rotatable bonds is 7. The van der Waals surface area contributed by atoms with Gasteiger partial charge in [-0.25, -0.2) is 13.6 Å². The van der Waals surface area contributed by atoms with Crippen molar-refractivity contribution in [1.82, 2.24) is 0 Å². The van der Waals surface area contributed by atoms with E-state index in [1.807, 2.05) is 0 Å². The zero-order valence-corrected chi connectivity index (χ0v) is 11.5. The first kappa shape index (κ1) is 15.1. The van der Waals surface area contributed by atoms with Crippen LogP contribution in [-0.2, 0) is 10.0 Å². The van der Waals surface area contributed by atoms with Gasteiger partial charge in [0, 0.05) is 12.5 Å². The number of primary sulfonamides is 1. The second-order valence-electron chi connectivity index (χ2n) is 4.49. The Bertz CT molecular complexity index is 454. The molecule has 0 saturated heterocycles. The predicted octanol–water partition coefficient (Wildman–Crippen LogP) is 1.99. The summed E-state index contributed by atoms with van der Waals surface area (Å²) in [5, 5.41) is 14.4. The molecule has 0 saturated carbocycles. The maximum absolute atomic E-state index is 11.1. The average Bonchev–Trinajstić information content (AvgIpc) is 2.34. The molecule has 1 rings (SSSR count). The molecule has 0 aliphatic rings. The third-order valence-corrected chi connectivity index (χ3v) is 3.99. The lowest BCUT2D eigenvalue weighted by molar-refractivity contribution is 0.256. The summed E-state index contributed by atoms with van der Waals surface area (Å²) in [6, 6.07) is 6.44. The van der Waals surface area contributed by atoms with Gasteiger partial charge in [0.15, 0.2) is 0 Å². The Morgan fingerprint density at radius 3 is 2.28 bits per heavy atom. The molecule has 0 heterocycles. The van der Waals surface area contributed by atoms with Gasteiger partial charge in [-0.2, -0.15) is 0 Å². The minimum Gasteiger partial charge on any atom is -0.396 e. The van der Waals surface area contributed by atoms with E-state index in [1.165, 1.54) is 12.1 Å². The van der Waals surface area contributed by atoms with Crippen LogP contribution in [0.2, 0.25) is 0 Å². The summed E-state index contributed by atoms with van der Waals surface area (Å²) >= 11 is 0. The first-order valence-electron chi connectivity index (χ1n) is 6.22. The highest BCUT2D eigenvalue weighted by atomic mass is 32.2. The van der Waals surface area contributed by atoms with Crippen molar-refractivity contribution in [3.8, 4) is 0 Å². The highest BCUT2D eigenvalue weighted by Crippen LogP contribution is 2.23. The maximum Gasteiger partial charge on any atom is 0.238 e. The lowest BCUT2D eigenvalue weighted by atomic mass is 9.94. The minimum atomic E-state index is -3.64. The quantitative estimate of drug-likeness (QED) is 0.744. The molecule has 0 radical (unpaired) electrons. The molecule has 18 heavy (non-hydrogen) atoms. The van der Waals surface area contributed by atoms with Crippen molar-refractivity contribution in [2.45, 2.75) is 43.4 Å². The van der Waals surface area contributed by atoms with E-state index in [0.717, 1.165) is 31.2 Å². The maximum atomic E-state index is 11.1. The number of nitrogens with two attached hydrogens (primary N) is 1. The molecule has 1 aromatic carbocycles. The van der Waals surface area contributed by atoms with E-state index in [4.69, 9.17) is 5.14 Å². The van der Waals surface area contributed by atoms with Crippen LogP contribution < -0.4 is 5.14 Å². The minimum absolute atomic E-state index is 0.0751. The van der Waals surface area contributed by atoms with Crippen molar-refractivity contribution in [3.05, 3.63) is 29.8 Å². The number of aliphatic hydroxyl groups is 1. The Morgan fingerprint density at radius 1 is 1.22 bits per heavy atom. The van der Waals surface area contributed by atoms with Crippen molar-refractivity contribution >= 4 is 10.0 Å². The van der Waals surface area contributed by atoms with Crippen LogP contribution in [0.3, 0.4) is 0 Å². The second kappa shape index (κ2) is 6.87. The van der Waals surface area contributed by atoms with Crippen LogP contribution in [0, 0.1) is 0 Å². The molecule has 5 heteroatoms. The fraction of sp³-hybridized carbons (Fsp3) is 0.538. The van der Waals surface area contributed by atoms with Crippen molar-refractivity contribution < 1.29 is 13.5 Å². The number of aliphatic hydroxyl groups excluding tert-OH is 1. The molecule has 0 aromatic heterocycles. The van der Waals surface area contributed by atoms with Gasteiger partial charge in [0.25, 0.3) is 0 Å². The van der Waals surface area contributed by atoms with E-state index in [0.29, 0.717) is 0 Å². The van der Waals surface area contributed by atoms with Crippen LogP contribution in [0.15, 0.2) is 29.2 Å². The Balaban J connectivity index is 2.76. The van der Waals surface area contributed by atoms with Crippen LogP contribution >= 0.6 is 0 Å². The van der Waals surface area contributed by atoms with Gasteiger partial charge in [-0.1, -0.05) is 38.3 Å². The Labute approximate surface area is 109 Å². The SMILES string of the molecule is CCCCC[C@H](CO)c1ccc(S(N)(=O)=O)cc1. The summed E-state index contributed by atoms with van der Waals surface area (Å²) < 4.78 is 22.2. The molecule has 0 aliphatic carbocycles. The van der Waals surface area contributed by atoms with E-state index >= 15 is 0 Å². The largest absolute Gasteiger partial charge is 0.396 e. The first-order chi connectivity index (χ1) is 8.49. The van der Waals surface area contributed by atoms with Crippen LogP contribution in [0.4, 0.5) is 0 Å². The van der Waals surface area contributed by atoms with E-state index in [-0.39, 0.29) is 17.4 Å². The third kappa shape index (κ3) is 4.40. The monoisotopic (exact) mass is 271 g/mol. The molecule has 1 aromatic rings. The van der Waals surface area contributed by atoms with Crippen LogP contribution in [0.25, 0.3) is 0 Å². The molecule has 0 aliphatic heterocycles. The standard InChI is InChI=1S/C13H21NO3S/c1-2-3-4-5-12(10-15)11-6-8-13(9-7-11)18(14,16)17/h6-9,12,15H,2-5,10H2,1H3,(H2,14,16,17)/t12-/m1/s1. The van der Waals surface area contributed by atoms with Gasteiger partial charge < -0.3 is 5.11 Å². The van der Waals surface area contributed by atoms with Gasteiger partial charge in [-0.05, 0) is 24.1 Å². The van der Waals surface area contributed by atoms with E-state index in [1.54, 1.807) is 12.1 Å². The van der Waals surface area contributed by atoms with Crippen molar-refractivity contribution in [3.63, 3.8) is 0 Å². The topological polar surface area (TPSA) is 80.4 Å². The van der Waals surface area contributed by atoms with Crippen LogP contribution in [-0.4, -0.2) is 20.1 Å². The van der Waals surface area contributed by atoms with Crippen molar-refractivity contribution in [2.75, 3.05) is 6.61 Å². The summed E-state index contributed by atoms with van der Waals surface area (Å²) in [5.74, 6) is 0.0751. The summed E-state index contributed by atoms with van der Waals surface area (Å²) in [6.07, 6.45) is 4.27. The number of sulfonamides is 1. The van der Waals surface area contributed by atoms with E-state index in [2.05, 4.69) is 6.92 Å². The molecule has 102 valence electrons. The van der Waals surface area contributed by atoms with Crippen molar-refractivity contribution in [2.24, 2.45) is 5.14 Å². The zero-order chi connectivity index (χ0) is 13.6. The molecule has 0 bridgehead atoms. The summed E-state index contributed by atoms with van der Waals surface area (Å²) in [4.78, 5) is 0.108.